The summed E-state index contributed by atoms with van der Waals surface area (Å²) in [6.45, 7) is -3.61. The number of hydrogen-bond donors (Lipinski definition) is 8. The van der Waals surface area contributed by atoms with Crippen LogP contribution in [0.1, 0.15) is 5.56 Å². The van der Waals surface area contributed by atoms with Gasteiger partial charge in [0.1, 0.15) is 11.8 Å². The first kappa shape index (κ1) is 39.4. The number of amides is 2. The molecule has 0 spiro atoms. The van der Waals surface area contributed by atoms with Crippen molar-refractivity contribution in [3.63, 3.8) is 0 Å². The first-order valence-corrected chi connectivity index (χ1v) is 16.1. The summed E-state index contributed by atoms with van der Waals surface area (Å²) >= 11 is 0.461. The fourth-order valence-electron chi connectivity index (χ4n) is 4.12. The number of primary sulfonamides is 1. The lowest BCUT2D eigenvalue weighted by atomic mass is 10.0. The number of carbonyl (C=O) groups excluding carboxylic acids is 2. The molecule has 0 saturated carbocycles. The number of benzene rings is 1. The molecule has 1 atom stereocenters. The molecule has 21 nitrogen and oxygen atoms in total. The van der Waals surface area contributed by atoms with Crippen molar-refractivity contribution in [1.29, 1.82) is 0 Å². The molecule has 1 heterocycles. The number of phenolic OH excluding ortho intramolecular Hbond substituents is 1. The van der Waals surface area contributed by atoms with Gasteiger partial charge in [0.15, 0.2) is 0 Å². The molecule has 0 aliphatic rings. The molecule has 264 valence electrons. The van der Waals surface area contributed by atoms with Crippen LogP contribution in [0.5, 0.6) is 5.75 Å². The van der Waals surface area contributed by atoms with Crippen LogP contribution in [-0.2, 0) is 45.2 Å². The highest BCUT2D eigenvalue weighted by molar-refractivity contribution is 7.91. The standard InChI is InChI=1S/C25H34N8O13S2/c26-48(45,46)25-30-29-24(47-25)28-23(44)17(9-15-1-3-16(34)4-2-15)27-18(35)10-32(12-20(38)39)7-5-31(11-19(36)37)6-8-33(13-21(40)41)14-22(42)43/h1-4,17,34H,5-14H2,(H,27,35)(H,36,37)(H,38,39)(H,40,41)(H,42,43)(H2,26,45,46)(H,28,29,44)/t17-/m0/s1. The van der Waals surface area contributed by atoms with Crippen LogP contribution < -0.4 is 15.8 Å². The van der Waals surface area contributed by atoms with E-state index in [2.05, 4.69) is 20.8 Å². The first-order chi connectivity index (χ1) is 22.4. The smallest absolute Gasteiger partial charge is 0.317 e. The number of aliphatic carboxylic acids is 4. The monoisotopic (exact) mass is 718 g/mol. The number of carbonyl (C=O) groups is 6. The Balaban J connectivity index is 2.17. The van der Waals surface area contributed by atoms with Gasteiger partial charge in [-0.3, -0.25) is 48.8 Å². The van der Waals surface area contributed by atoms with E-state index >= 15 is 0 Å². The highest BCUT2D eigenvalue weighted by atomic mass is 32.2. The molecule has 0 aliphatic carbocycles. The third-order valence-electron chi connectivity index (χ3n) is 6.18. The molecule has 0 unspecified atom stereocenters. The van der Waals surface area contributed by atoms with Crippen LogP contribution in [0.2, 0.25) is 0 Å². The minimum Gasteiger partial charge on any atom is -0.508 e. The predicted octanol–water partition coefficient (Wildman–Crippen LogP) is -3.20. The van der Waals surface area contributed by atoms with E-state index in [1.807, 2.05) is 0 Å². The van der Waals surface area contributed by atoms with E-state index < -0.39 is 88.8 Å². The zero-order chi connectivity index (χ0) is 36.0. The lowest BCUT2D eigenvalue weighted by Gasteiger charge is -2.28. The molecule has 0 bridgehead atoms. The first-order valence-electron chi connectivity index (χ1n) is 13.7. The molecule has 2 rings (SSSR count). The van der Waals surface area contributed by atoms with Crippen LogP contribution in [0.4, 0.5) is 5.13 Å². The second-order valence-electron chi connectivity index (χ2n) is 10.2. The minimum atomic E-state index is -4.21. The van der Waals surface area contributed by atoms with E-state index in [0.717, 1.165) is 9.80 Å². The van der Waals surface area contributed by atoms with Crippen molar-refractivity contribution in [2.75, 3.05) is 64.2 Å². The number of phenols is 1. The summed E-state index contributed by atoms with van der Waals surface area (Å²) in [5, 5.41) is 62.9. The summed E-state index contributed by atoms with van der Waals surface area (Å²) in [6, 6.07) is 4.32. The number of aromatic hydroxyl groups is 1. The van der Waals surface area contributed by atoms with Gasteiger partial charge in [0.25, 0.3) is 10.0 Å². The molecule has 9 N–H and O–H groups in total. The minimum absolute atomic E-state index is 0.0640. The van der Waals surface area contributed by atoms with Crippen molar-refractivity contribution < 1.29 is 62.7 Å². The Morgan fingerprint density at radius 2 is 1.21 bits per heavy atom. The van der Waals surface area contributed by atoms with Crippen molar-refractivity contribution in [2.24, 2.45) is 5.14 Å². The summed E-state index contributed by atoms with van der Waals surface area (Å²) in [7, 11) is -4.21. The third-order valence-corrected chi connectivity index (χ3v) is 8.32. The number of aromatic nitrogens is 2. The van der Waals surface area contributed by atoms with Gasteiger partial charge in [0.05, 0.1) is 32.7 Å². The average Bonchev–Trinajstić information content (AvgIpc) is 3.43. The van der Waals surface area contributed by atoms with Crippen LogP contribution in [0.3, 0.4) is 0 Å². The van der Waals surface area contributed by atoms with Gasteiger partial charge >= 0.3 is 23.9 Å². The predicted molar refractivity (Wildman–Crippen MR) is 164 cm³/mol. The van der Waals surface area contributed by atoms with E-state index in [1.165, 1.54) is 29.2 Å². The summed E-state index contributed by atoms with van der Waals surface area (Å²) in [6.07, 6.45) is -0.132. The molecule has 1 aromatic carbocycles. The number of nitrogens with zero attached hydrogens (tertiary/aromatic N) is 5. The van der Waals surface area contributed by atoms with Crippen molar-refractivity contribution in [1.82, 2.24) is 30.2 Å². The summed E-state index contributed by atoms with van der Waals surface area (Å²) < 4.78 is 22.5. The average molecular weight is 719 g/mol. The van der Waals surface area contributed by atoms with Crippen molar-refractivity contribution in [3.8, 4) is 5.75 Å². The SMILES string of the molecule is NS(=O)(=O)c1nnc(NC(=O)[C@H](Cc2ccc(O)cc2)NC(=O)CN(CCN(CCN(CC(=O)O)CC(=O)O)CC(=O)O)CC(=O)O)s1. The molecule has 2 amide bonds. The normalized spacial score (nSPS) is 12.2. The molecule has 0 saturated heterocycles. The molecule has 23 heteroatoms. The lowest BCUT2D eigenvalue weighted by Crippen LogP contribution is -2.50. The molecule has 0 fully saturated rings. The zero-order valence-corrected chi connectivity index (χ0v) is 26.7. The van der Waals surface area contributed by atoms with Crippen LogP contribution in [0.15, 0.2) is 28.6 Å². The highest BCUT2D eigenvalue weighted by Gasteiger charge is 2.26. The van der Waals surface area contributed by atoms with E-state index in [0.29, 0.717) is 16.9 Å². The van der Waals surface area contributed by atoms with Gasteiger partial charge in [-0.05, 0) is 17.7 Å². The van der Waals surface area contributed by atoms with Crippen molar-refractivity contribution in [3.05, 3.63) is 29.8 Å². The van der Waals surface area contributed by atoms with Gasteiger partial charge in [-0.25, -0.2) is 13.6 Å². The van der Waals surface area contributed by atoms with Crippen LogP contribution in [-0.4, -0.2) is 159 Å². The number of anilines is 1. The summed E-state index contributed by atoms with van der Waals surface area (Å²) in [5.74, 6) is -6.93. The third kappa shape index (κ3) is 15.2. The Labute approximate surface area is 276 Å². The Bertz CT molecular complexity index is 1550. The van der Waals surface area contributed by atoms with E-state index in [-0.39, 0.29) is 43.5 Å². The quantitative estimate of drug-likeness (QED) is 0.0556. The van der Waals surface area contributed by atoms with Gasteiger partial charge in [0, 0.05) is 32.6 Å². The molecular formula is C25H34N8O13S2. The van der Waals surface area contributed by atoms with Crippen molar-refractivity contribution in [2.45, 2.75) is 16.8 Å². The fraction of sp³-hybridized carbons (Fsp3) is 0.440. The second-order valence-corrected chi connectivity index (χ2v) is 12.9. The largest absolute Gasteiger partial charge is 0.508 e. The van der Waals surface area contributed by atoms with Gasteiger partial charge < -0.3 is 30.8 Å². The molecular weight excluding hydrogens is 684 g/mol. The van der Waals surface area contributed by atoms with Crippen LogP contribution in [0, 0.1) is 0 Å². The molecule has 2 aromatic rings. The van der Waals surface area contributed by atoms with Crippen molar-refractivity contribution >= 4 is 62.2 Å². The van der Waals surface area contributed by atoms with Gasteiger partial charge in [0.2, 0.25) is 21.3 Å². The highest BCUT2D eigenvalue weighted by Crippen LogP contribution is 2.19. The zero-order valence-electron chi connectivity index (χ0n) is 25.1. The molecule has 48 heavy (non-hydrogen) atoms. The molecule has 0 radical (unpaired) electrons. The Morgan fingerprint density at radius 1 is 0.750 bits per heavy atom. The Hall–Kier alpha value is -4.81. The number of hydrogen-bond acceptors (Lipinski definition) is 15. The van der Waals surface area contributed by atoms with E-state index in [1.54, 1.807) is 0 Å². The summed E-state index contributed by atoms with van der Waals surface area (Å²) in [4.78, 5) is 75.0. The van der Waals surface area contributed by atoms with Gasteiger partial charge in [-0.2, -0.15) is 0 Å². The number of carboxylic acid groups (broad SMARTS) is 4. The van der Waals surface area contributed by atoms with Crippen LogP contribution >= 0.6 is 11.3 Å². The maximum Gasteiger partial charge on any atom is 0.317 e. The van der Waals surface area contributed by atoms with E-state index in [4.69, 9.17) is 15.4 Å². The Morgan fingerprint density at radius 3 is 1.67 bits per heavy atom. The van der Waals surface area contributed by atoms with Gasteiger partial charge in [-0.1, -0.05) is 23.5 Å². The summed E-state index contributed by atoms with van der Waals surface area (Å²) in [5.41, 5.74) is 0.488. The maximum atomic E-state index is 13.2. The van der Waals surface area contributed by atoms with E-state index in [9.17, 15) is 52.5 Å². The number of sulfonamides is 1. The molecule has 0 aliphatic heterocycles. The fourth-order valence-corrected chi connectivity index (χ4v) is 5.45. The Kier molecular flexibility index (Phi) is 15.2. The number of carboxylic acids is 4. The maximum absolute atomic E-state index is 13.2. The topological polar surface area (TPSA) is 323 Å². The second kappa shape index (κ2) is 18.5. The van der Waals surface area contributed by atoms with Crippen LogP contribution in [0.25, 0.3) is 0 Å². The molecule has 1 aromatic heterocycles. The lowest BCUT2D eigenvalue weighted by molar-refractivity contribution is -0.143. The van der Waals surface area contributed by atoms with Gasteiger partial charge in [-0.15, -0.1) is 10.2 Å². The number of nitrogens with one attached hydrogen (secondary N) is 2. The number of nitrogens with two attached hydrogens (primary N) is 1. The number of rotatable bonds is 22.